The third kappa shape index (κ3) is 2.46. The van der Waals surface area contributed by atoms with E-state index in [0.29, 0.717) is 0 Å². The number of carbonyl (C=O) groups excluding carboxylic acids is 2. The van der Waals surface area contributed by atoms with Crippen molar-refractivity contribution in [1.82, 2.24) is 15.2 Å². The highest BCUT2D eigenvalue weighted by Crippen LogP contribution is 2.36. The molecule has 4 rings (SSSR count). The quantitative estimate of drug-likeness (QED) is 0.728. The van der Waals surface area contributed by atoms with Crippen LogP contribution in [0.5, 0.6) is 0 Å². The van der Waals surface area contributed by atoms with E-state index in [4.69, 9.17) is 0 Å². The highest BCUT2D eigenvalue weighted by Gasteiger charge is 2.34. The molecule has 1 unspecified atom stereocenters. The first-order valence-corrected chi connectivity index (χ1v) is 8.00. The highest BCUT2D eigenvalue weighted by atomic mass is 19.1. The molecule has 7 nitrogen and oxygen atoms in total. The second-order valence-electron chi connectivity index (χ2n) is 5.88. The van der Waals surface area contributed by atoms with Crippen molar-refractivity contribution in [1.29, 1.82) is 0 Å². The van der Waals surface area contributed by atoms with Gasteiger partial charge in [-0.05, 0) is 18.2 Å². The first-order chi connectivity index (χ1) is 12.6. The molecule has 26 heavy (non-hydrogen) atoms. The van der Waals surface area contributed by atoms with Crippen LogP contribution >= 0.6 is 0 Å². The molecule has 2 amide bonds. The average molecular weight is 352 g/mol. The van der Waals surface area contributed by atoms with Gasteiger partial charge in [0.05, 0.1) is 11.1 Å². The highest BCUT2D eigenvalue weighted by molar-refractivity contribution is 6.20. The van der Waals surface area contributed by atoms with Crippen LogP contribution in [0.3, 0.4) is 0 Å². The lowest BCUT2D eigenvalue weighted by atomic mass is 10.0. The maximum atomic E-state index is 15.4. The first kappa shape index (κ1) is 16.1. The van der Waals surface area contributed by atoms with Crippen LogP contribution in [0.4, 0.5) is 10.1 Å². The number of H-pyrrole nitrogens is 1. The van der Waals surface area contributed by atoms with Crippen LogP contribution in [-0.2, 0) is 9.59 Å². The summed E-state index contributed by atoms with van der Waals surface area (Å²) in [6.07, 6.45) is -0.127. The number of carbonyl (C=O) groups is 2. The van der Waals surface area contributed by atoms with Crippen molar-refractivity contribution in [2.24, 2.45) is 0 Å². The molecule has 1 fully saturated rings. The maximum absolute atomic E-state index is 15.4. The number of hydrogen-bond donors (Lipinski definition) is 1. The molecule has 3 aromatic rings. The molecule has 1 aliphatic heterocycles. The molecule has 0 aliphatic carbocycles. The zero-order valence-electron chi connectivity index (χ0n) is 13.5. The number of pyridine rings is 1. The summed E-state index contributed by atoms with van der Waals surface area (Å²) in [6.45, 7) is 0. The van der Waals surface area contributed by atoms with Gasteiger partial charge >= 0.3 is 0 Å². The summed E-state index contributed by atoms with van der Waals surface area (Å²) in [5.74, 6) is -0.737. The summed E-state index contributed by atoms with van der Waals surface area (Å²) in [5, 5.41) is 6.31. The summed E-state index contributed by atoms with van der Waals surface area (Å²) < 4.78 is 15.4. The lowest BCUT2D eigenvalue weighted by Gasteiger charge is -2.20. The molecule has 1 saturated heterocycles. The molecule has 3 heterocycles. The Morgan fingerprint density at radius 3 is 2.54 bits per heavy atom. The van der Waals surface area contributed by atoms with Gasteiger partial charge in [-0.2, -0.15) is 5.10 Å². The summed E-state index contributed by atoms with van der Waals surface area (Å²) >= 11 is 0. The number of aromatic nitrogens is 3. The molecular weight excluding hydrogens is 339 g/mol. The molecule has 0 spiro atoms. The zero-order valence-corrected chi connectivity index (χ0v) is 13.5. The lowest BCUT2D eigenvalue weighted by molar-refractivity contribution is -0.121. The topological polar surface area (TPSA) is 96.0 Å². The van der Waals surface area contributed by atoms with E-state index >= 15 is 4.39 Å². The average Bonchev–Trinajstić information content (AvgIpc) is 3.00. The lowest BCUT2D eigenvalue weighted by Crippen LogP contribution is -2.30. The summed E-state index contributed by atoms with van der Waals surface area (Å²) in [7, 11) is 0. The van der Waals surface area contributed by atoms with Gasteiger partial charge < -0.3 is 0 Å². The van der Waals surface area contributed by atoms with E-state index in [0.717, 1.165) is 4.90 Å². The van der Waals surface area contributed by atoms with E-state index in [1.54, 1.807) is 18.2 Å². The number of alkyl halides is 1. The number of fused-ring (bicyclic) bond motifs is 1. The molecule has 1 N–H and O–H groups in total. The van der Waals surface area contributed by atoms with E-state index in [9.17, 15) is 14.4 Å². The van der Waals surface area contributed by atoms with Gasteiger partial charge in [0.2, 0.25) is 11.8 Å². The van der Waals surface area contributed by atoms with Gasteiger partial charge in [-0.3, -0.25) is 24.3 Å². The minimum absolute atomic E-state index is 0.0771. The third-order valence-electron chi connectivity index (χ3n) is 4.32. The van der Waals surface area contributed by atoms with Gasteiger partial charge in [0.25, 0.3) is 5.56 Å². The molecule has 130 valence electrons. The molecule has 1 atom stereocenters. The van der Waals surface area contributed by atoms with Crippen LogP contribution in [0.2, 0.25) is 0 Å². The first-order valence-electron chi connectivity index (χ1n) is 8.00. The van der Waals surface area contributed by atoms with Crippen molar-refractivity contribution in [3.05, 3.63) is 64.2 Å². The predicted molar refractivity (Wildman–Crippen MR) is 91.3 cm³/mol. The summed E-state index contributed by atoms with van der Waals surface area (Å²) in [5.41, 5.74) is -0.112. The smallest absolute Gasteiger partial charge is 0.273 e. The van der Waals surface area contributed by atoms with Crippen LogP contribution in [-0.4, -0.2) is 27.0 Å². The minimum atomic E-state index is -1.78. The number of amides is 2. The Morgan fingerprint density at radius 2 is 1.77 bits per heavy atom. The number of nitrogens with one attached hydrogen (secondary N) is 1. The van der Waals surface area contributed by atoms with Crippen molar-refractivity contribution >= 4 is 28.4 Å². The molecule has 0 bridgehead atoms. The van der Waals surface area contributed by atoms with Crippen LogP contribution in [0, 0.1) is 0 Å². The number of anilines is 1. The standard InChI is InChI=1S/C18H13FN4O3/c19-15(17-16-11(5-3-9-20-16)18(26)22-21-17)10-4-1-2-6-12(10)23-13(24)7-8-14(23)25/h1-6,9,15H,7-8H2,(H,22,26). The number of benzene rings is 1. The van der Waals surface area contributed by atoms with Gasteiger partial charge in [-0.25, -0.2) is 9.49 Å². The minimum Gasteiger partial charge on any atom is -0.274 e. The fourth-order valence-electron chi connectivity index (χ4n) is 3.09. The van der Waals surface area contributed by atoms with Crippen LogP contribution < -0.4 is 10.5 Å². The van der Waals surface area contributed by atoms with Crippen molar-refractivity contribution < 1.29 is 14.0 Å². The zero-order chi connectivity index (χ0) is 18.3. The van der Waals surface area contributed by atoms with Crippen LogP contribution in [0.25, 0.3) is 10.9 Å². The largest absolute Gasteiger partial charge is 0.274 e. The number of hydrogen-bond acceptors (Lipinski definition) is 5. The molecule has 2 aromatic heterocycles. The van der Waals surface area contributed by atoms with E-state index < -0.39 is 11.7 Å². The number of aromatic amines is 1. The second kappa shape index (κ2) is 6.14. The number of para-hydroxylation sites is 1. The van der Waals surface area contributed by atoms with E-state index in [-0.39, 0.29) is 52.5 Å². The summed E-state index contributed by atoms with van der Waals surface area (Å²) in [6, 6.07) is 9.34. The van der Waals surface area contributed by atoms with Crippen molar-refractivity contribution in [3.8, 4) is 0 Å². The Bertz CT molecular complexity index is 1080. The van der Waals surface area contributed by atoms with E-state index in [2.05, 4.69) is 15.2 Å². The number of rotatable bonds is 3. The van der Waals surface area contributed by atoms with Crippen LogP contribution in [0.15, 0.2) is 47.4 Å². The number of nitrogens with zero attached hydrogens (tertiary/aromatic N) is 3. The Hall–Kier alpha value is -3.42. The molecule has 0 saturated carbocycles. The Morgan fingerprint density at radius 1 is 1.04 bits per heavy atom. The Kier molecular flexibility index (Phi) is 3.80. The van der Waals surface area contributed by atoms with Gasteiger partial charge in [0.15, 0.2) is 6.17 Å². The third-order valence-corrected chi connectivity index (χ3v) is 4.32. The van der Waals surface area contributed by atoms with Crippen molar-refractivity contribution in [2.75, 3.05) is 4.90 Å². The fraction of sp³-hybridized carbons (Fsp3) is 0.167. The van der Waals surface area contributed by atoms with E-state index in [1.165, 1.54) is 24.4 Å². The molecule has 8 heteroatoms. The van der Waals surface area contributed by atoms with Crippen molar-refractivity contribution in [2.45, 2.75) is 19.0 Å². The predicted octanol–water partition coefficient (Wildman–Crippen LogP) is 2.03. The van der Waals surface area contributed by atoms with Gasteiger partial charge in [0.1, 0.15) is 11.2 Å². The van der Waals surface area contributed by atoms with Gasteiger partial charge in [-0.1, -0.05) is 18.2 Å². The van der Waals surface area contributed by atoms with Gasteiger partial charge in [0, 0.05) is 24.6 Å². The SMILES string of the molecule is O=C1CCC(=O)N1c1ccccc1C(F)c1n[nH]c(=O)c2cccnc12. The Balaban J connectivity index is 1.88. The second-order valence-corrected chi connectivity index (χ2v) is 5.88. The number of imide groups is 1. The normalized spacial score (nSPS) is 15.7. The van der Waals surface area contributed by atoms with Crippen LogP contribution in [0.1, 0.15) is 30.3 Å². The number of halogens is 1. The molecular formula is C18H13FN4O3. The molecule has 0 radical (unpaired) electrons. The van der Waals surface area contributed by atoms with Crippen molar-refractivity contribution in [3.63, 3.8) is 0 Å². The van der Waals surface area contributed by atoms with E-state index in [1.807, 2.05) is 0 Å². The maximum Gasteiger partial charge on any atom is 0.273 e. The van der Waals surface area contributed by atoms with Gasteiger partial charge in [-0.15, -0.1) is 0 Å². The summed E-state index contributed by atoms with van der Waals surface area (Å²) in [4.78, 5) is 41.1. The Labute approximate surface area is 146 Å². The molecule has 1 aromatic carbocycles. The molecule has 1 aliphatic rings. The monoisotopic (exact) mass is 352 g/mol. The fourth-order valence-corrected chi connectivity index (χ4v) is 3.09.